The van der Waals surface area contributed by atoms with Crippen molar-refractivity contribution in [2.75, 3.05) is 25.5 Å². The van der Waals surface area contributed by atoms with Crippen LogP contribution in [0.2, 0.25) is 0 Å². The molecule has 6 nitrogen and oxygen atoms in total. The molecule has 1 saturated carbocycles. The number of ether oxygens (including phenoxy) is 1. The molecule has 114 valence electrons. The molecule has 0 unspecified atom stereocenters. The van der Waals surface area contributed by atoms with Crippen molar-refractivity contribution in [2.24, 2.45) is 5.92 Å². The van der Waals surface area contributed by atoms with Gasteiger partial charge in [-0.05, 0) is 49.4 Å². The van der Waals surface area contributed by atoms with Gasteiger partial charge in [0.1, 0.15) is 12.3 Å². The van der Waals surface area contributed by atoms with Crippen molar-refractivity contribution in [3.8, 4) is 5.75 Å². The van der Waals surface area contributed by atoms with Crippen LogP contribution in [0.3, 0.4) is 0 Å². The standard InChI is InChI=1S/C15H20N2O4/c1-10-7-12(5-6-13(10)21-2)16-15(20)17(9-14(18)19)8-11-3-4-11/h5-7,11H,3-4,8-9H2,1-2H3,(H,16,20)(H,18,19). The minimum Gasteiger partial charge on any atom is -0.496 e. The fourth-order valence-electron chi connectivity index (χ4n) is 2.15. The smallest absolute Gasteiger partial charge is 0.323 e. The van der Waals surface area contributed by atoms with Crippen molar-refractivity contribution in [2.45, 2.75) is 19.8 Å². The summed E-state index contributed by atoms with van der Waals surface area (Å²) in [5, 5.41) is 11.6. The number of benzene rings is 1. The lowest BCUT2D eigenvalue weighted by atomic mass is 10.2. The number of methoxy groups -OCH3 is 1. The lowest BCUT2D eigenvalue weighted by Crippen LogP contribution is -2.40. The number of carboxylic acid groups (broad SMARTS) is 1. The number of carboxylic acids is 1. The zero-order valence-corrected chi connectivity index (χ0v) is 12.3. The average Bonchev–Trinajstić information content (AvgIpc) is 3.21. The van der Waals surface area contributed by atoms with E-state index in [1.807, 2.05) is 6.92 Å². The molecule has 0 aromatic heterocycles. The summed E-state index contributed by atoms with van der Waals surface area (Å²) in [5.41, 5.74) is 1.53. The van der Waals surface area contributed by atoms with Crippen molar-refractivity contribution in [1.82, 2.24) is 4.90 Å². The molecule has 0 saturated heterocycles. The lowest BCUT2D eigenvalue weighted by molar-refractivity contribution is -0.137. The minimum absolute atomic E-state index is 0.280. The molecule has 2 amide bonds. The van der Waals surface area contributed by atoms with Gasteiger partial charge in [-0.1, -0.05) is 0 Å². The Kier molecular flexibility index (Phi) is 4.67. The predicted molar refractivity (Wildman–Crippen MR) is 78.7 cm³/mol. The molecule has 1 aromatic rings. The Morgan fingerprint density at radius 3 is 2.67 bits per heavy atom. The van der Waals surface area contributed by atoms with Crippen LogP contribution in [0.1, 0.15) is 18.4 Å². The quantitative estimate of drug-likeness (QED) is 0.843. The van der Waals surface area contributed by atoms with Crippen LogP contribution in [0, 0.1) is 12.8 Å². The number of hydrogen-bond acceptors (Lipinski definition) is 3. The summed E-state index contributed by atoms with van der Waals surface area (Å²) < 4.78 is 5.17. The highest BCUT2D eigenvalue weighted by Gasteiger charge is 2.28. The van der Waals surface area contributed by atoms with E-state index in [4.69, 9.17) is 9.84 Å². The highest BCUT2D eigenvalue weighted by Crippen LogP contribution is 2.30. The van der Waals surface area contributed by atoms with E-state index in [2.05, 4.69) is 5.32 Å². The van der Waals surface area contributed by atoms with Crippen molar-refractivity contribution < 1.29 is 19.4 Å². The number of anilines is 1. The first-order valence-electron chi connectivity index (χ1n) is 6.92. The second-order valence-corrected chi connectivity index (χ2v) is 5.33. The zero-order valence-electron chi connectivity index (χ0n) is 12.3. The van der Waals surface area contributed by atoms with E-state index in [9.17, 15) is 9.59 Å². The first-order chi connectivity index (χ1) is 9.99. The highest BCUT2D eigenvalue weighted by molar-refractivity contribution is 5.91. The van der Waals surface area contributed by atoms with E-state index >= 15 is 0 Å². The van der Waals surface area contributed by atoms with Gasteiger partial charge >= 0.3 is 12.0 Å². The van der Waals surface area contributed by atoms with Crippen molar-refractivity contribution in [1.29, 1.82) is 0 Å². The molecule has 1 aliphatic rings. The molecular weight excluding hydrogens is 272 g/mol. The van der Waals surface area contributed by atoms with Crippen LogP contribution in [0.25, 0.3) is 0 Å². The maximum atomic E-state index is 12.2. The lowest BCUT2D eigenvalue weighted by Gasteiger charge is -2.21. The number of aryl methyl sites for hydroxylation is 1. The number of amides is 2. The SMILES string of the molecule is COc1ccc(NC(=O)N(CC(=O)O)CC2CC2)cc1C. The van der Waals surface area contributed by atoms with Crippen LogP contribution >= 0.6 is 0 Å². The molecule has 0 spiro atoms. The summed E-state index contributed by atoms with van der Waals surface area (Å²) >= 11 is 0. The number of rotatable bonds is 6. The summed E-state index contributed by atoms with van der Waals surface area (Å²) in [5.74, 6) is 0.179. The first kappa shape index (κ1) is 15.2. The van der Waals surface area contributed by atoms with Crippen LogP contribution in [-0.2, 0) is 4.79 Å². The second kappa shape index (κ2) is 6.47. The van der Waals surface area contributed by atoms with E-state index in [-0.39, 0.29) is 12.6 Å². The van der Waals surface area contributed by atoms with Gasteiger partial charge in [-0.25, -0.2) is 4.79 Å². The summed E-state index contributed by atoms with van der Waals surface area (Å²) in [6.45, 7) is 2.10. The van der Waals surface area contributed by atoms with Crippen LogP contribution in [0.5, 0.6) is 5.75 Å². The molecular formula is C15H20N2O4. The molecule has 1 fully saturated rings. The molecule has 0 bridgehead atoms. The number of hydrogen-bond donors (Lipinski definition) is 2. The summed E-state index contributed by atoms with van der Waals surface area (Å²) in [6.07, 6.45) is 2.12. The molecule has 6 heteroatoms. The molecule has 0 radical (unpaired) electrons. The normalized spacial score (nSPS) is 13.6. The van der Waals surface area contributed by atoms with E-state index in [0.717, 1.165) is 24.2 Å². The first-order valence-corrected chi connectivity index (χ1v) is 6.92. The van der Waals surface area contributed by atoms with Gasteiger partial charge in [0.2, 0.25) is 0 Å². The third-order valence-corrected chi connectivity index (χ3v) is 3.43. The summed E-state index contributed by atoms with van der Waals surface area (Å²) in [7, 11) is 1.59. The molecule has 2 rings (SSSR count). The highest BCUT2D eigenvalue weighted by atomic mass is 16.5. The fraction of sp³-hybridized carbons (Fsp3) is 0.467. The van der Waals surface area contributed by atoms with E-state index < -0.39 is 5.97 Å². The number of nitrogens with one attached hydrogen (secondary N) is 1. The van der Waals surface area contributed by atoms with Gasteiger partial charge in [-0.15, -0.1) is 0 Å². The van der Waals surface area contributed by atoms with Crippen LogP contribution in [0.15, 0.2) is 18.2 Å². The summed E-state index contributed by atoms with van der Waals surface area (Å²) in [4.78, 5) is 24.4. The van der Waals surface area contributed by atoms with Crippen molar-refractivity contribution in [3.63, 3.8) is 0 Å². The number of nitrogens with zero attached hydrogens (tertiary/aromatic N) is 1. The predicted octanol–water partition coefficient (Wildman–Crippen LogP) is 2.33. The maximum absolute atomic E-state index is 12.2. The third-order valence-electron chi connectivity index (χ3n) is 3.43. The fourth-order valence-corrected chi connectivity index (χ4v) is 2.15. The maximum Gasteiger partial charge on any atom is 0.323 e. The average molecular weight is 292 g/mol. The van der Waals surface area contributed by atoms with Gasteiger partial charge in [0.05, 0.1) is 7.11 Å². The van der Waals surface area contributed by atoms with Gasteiger partial charge in [-0.3, -0.25) is 4.79 Å². The topological polar surface area (TPSA) is 78.9 Å². The number of aliphatic carboxylic acids is 1. The van der Waals surface area contributed by atoms with Crippen molar-refractivity contribution in [3.05, 3.63) is 23.8 Å². The largest absolute Gasteiger partial charge is 0.496 e. The van der Waals surface area contributed by atoms with E-state index in [1.165, 1.54) is 4.90 Å². The Labute approximate surface area is 123 Å². The molecule has 0 heterocycles. The monoisotopic (exact) mass is 292 g/mol. The molecule has 0 atom stereocenters. The van der Waals surface area contributed by atoms with E-state index in [1.54, 1.807) is 25.3 Å². The zero-order chi connectivity index (χ0) is 15.4. The number of carbonyl (C=O) groups is 2. The second-order valence-electron chi connectivity index (χ2n) is 5.33. The summed E-state index contributed by atoms with van der Waals surface area (Å²) in [6, 6.07) is 4.92. The van der Waals surface area contributed by atoms with Crippen LogP contribution in [0.4, 0.5) is 10.5 Å². The van der Waals surface area contributed by atoms with Crippen LogP contribution < -0.4 is 10.1 Å². The van der Waals surface area contributed by atoms with Gasteiger partial charge < -0.3 is 20.1 Å². The Bertz CT molecular complexity index is 540. The molecule has 1 aliphatic carbocycles. The Balaban J connectivity index is 2.02. The molecule has 0 aliphatic heterocycles. The van der Waals surface area contributed by atoms with Gasteiger partial charge in [0.15, 0.2) is 0 Å². The molecule has 1 aromatic carbocycles. The minimum atomic E-state index is -1.00. The number of urea groups is 1. The van der Waals surface area contributed by atoms with Crippen LogP contribution in [-0.4, -0.2) is 42.2 Å². The van der Waals surface area contributed by atoms with Gasteiger partial charge in [-0.2, -0.15) is 0 Å². The third kappa shape index (κ3) is 4.37. The Morgan fingerprint density at radius 1 is 1.43 bits per heavy atom. The van der Waals surface area contributed by atoms with E-state index in [0.29, 0.717) is 18.2 Å². The number of carbonyl (C=O) groups excluding carboxylic acids is 1. The van der Waals surface area contributed by atoms with Gasteiger partial charge in [0.25, 0.3) is 0 Å². The Hall–Kier alpha value is -2.24. The molecule has 2 N–H and O–H groups in total. The van der Waals surface area contributed by atoms with Gasteiger partial charge in [0, 0.05) is 12.2 Å². The molecule has 21 heavy (non-hydrogen) atoms. The van der Waals surface area contributed by atoms with Crippen molar-refractivity contribution >= 4 is 17.7 Å². The Morgan fingerprint density at radius 2 is 2.14 bits per heavy atom.